The number of amides is 2. The maximum Gasteiger partial charge on any atom is 0.260 e. The molecule has 2 aromatic carbocycles. The van der Waals surface area contributed by atoms with Crippen LogP contribution in [0.5, 0.6) is 5.75 Å². The quantitative estimate of drug-likeness (QED) is 0.876. The molecule has 0 saturated carbocycles. The molecule has 5 nitrogen and oxygen atoms in total. The minimum atomic E-state index is -0.842. The smallest absolute Gasteiger partial charge is 0.260 e. The van der Waals surface area contributed by atoms with Crippen LogP contribution in [0.1, 0.15) is 23.2 Å². The van der Waals surface area contributed by atoms with Crippen molar-refractivity contribution >= 4 is 11.8 Å². The van der Waals surface area contributed by atoms with Gasteiger partial charge in [0, 0.05) is 30.8 Å². The molecule has 1 aliphatic rings. The van der Waals surface area contributed by atoms with E-state index in [1.807, 2.05) is 6.07 Å². The van der Waals surface area contributed by atoms with Crippen molar-refractivity contribution in [3.05, 3.63) is 65.7 Å². The highest BCUT2D eigenvalue weighted by Gasteiger charge is 2.24. The molecule has 1 fully saturated rings. The average Bonchev–Trinajstić information content (AvgIpc) is 2.68. The van der Waals surface area contributed by atoms with Crippen molar-refractivity contribution in [1.29, 1.82) is 0 Å². The fraction of sp³-hybridized carbons (Fsp3) is 0.300. The Hall–Kier alpha value is -2.96. The van der Waals surface area contributed by atoms with E-state index in [0.717, 1.165) is 12.1 Å². The van der Waals surface area contributed by atoms with E-state index >= 15 is 0 Å². The zero-order valence-corrected chi connectivity index (χ0v) is 14.7. The first-order valence-corrected chi connectivity index (χ1v) is 8.74. The summed E-state index contributed by atoms with van der Waals surface area (Å²) in [5.41, 5.74) is 0.603. The van der Waals surface area contributed by atoms with Gasteiger partial charge in [0.15, 0.2) is 18.2 Å². The molecule has 1 aliphatic heterocycles. The zero-order valence-electron chi connectivity index (χ0n) is 14.7. The highest BCUT2D eigenvalue weighted by atomic mass is 19.1. The van der Waals surface area contributed by atoms with Gasteiger partial charge in [-0.05, 0) is 37.1 Å². The molecule has 0 radical (unpaired) electrons. The molecule has 7 heteroatoms. The Morgan fingerprint density at radius 1 is 1.07 bits per heavy atom. The molecular weight excluding hydrogens is 354 g/mol. The van der Waals surface area contributed by atoms with Gasteiger partial charge < -0.3 is 15.0 Å². The number of piperidine rings is 1. The van der Waals surface area contributed by atoms with Gasteiger partial charge >= 0.3 is 0 Å². The van der Waals surface area contributed by atoms with E-state index in [-0.39, 0.29) is 30.2 Å². The van der Waals surface area contributed by atoms with Crippen LogP contribution >= 0.6 is 0 Å². The summed E-state index contributed by atoms with van der Waals surface area (Å²) in [6.45, 7) is 0.644. The van der Waals surface area contributed by atoms with Crippen LogP contribution in [0.2, 0.25) is 0 Å². The Morgan fingerprint density at radius 2 is 1.78 bits per heavy atom. The summed E-state index contributed by atoms with van der Waals surface area (Å²) in [4.78, 5) is 26.0. The van der Waals surface area contributed by atoms with Crippen LogP contribution in [0.4, 0.5) is 8.78 Å². The van der Waals surface area contributed by atoms with Crippen molar-refractivity contribution < 1.29 is 23.1 Å². The van der Waals surface area contributed by atoms with Crippen molar-refractivity contribution in [2.24, 2.45) is 0 Å². The Morgan fingerprint density at radius 3 is 2.44 bits per heavy atom. The lowest BCUT2D eigenvalue weighted by Crippen LogP contribution is -2.47. The number of ether oxygens (including phenoxy) is 1. The van der Waals surface area contributed by atoms with Gasteiger partial charge in [-0.2, -0.15) is 0 Å². The van der Waals surface area contributed by atoms with Crippen LogP contribution in [-0.2, 0) is 4.79 Å². The molecular formula is C20H20F2N2O3. The van der Waals surface area contributed by atoms with E-state index in [9.17, 15) is 18.4 Å². The molecule has 0 atom stereocenters. The first-order valence-electron chi connectivity index (χ1n) is 8.74. The molecule has 0 unspecified atom stereocenters. The van der Waals surface area contributed by atoms with E-state index in [4.69, 9.17) is 4.74 Å². The van der Waals surface area contributed by atoms with Gasteiger partial charge in [-0.15, -0.1) is 0 Å². The lowest BCUT2D eigenvalue weighted by atomic mass is 10.0. The third-order valence-electron chi connectivity index (χ3n) is 4.46. The summed E-state index contributed by atoms with van der Waals surface area (Å²) in [5.74, 6) is -2.10. The molecule has 2 amide bonds. The van der Waals surface area contributed by atoms with Crippen molar-refractivity contribution in [3.63, 3.8) is 0 Å². The monoisotopic (exact) mass is 374 g/mol. The number of nitrogens with one attached hydrogen (secondary N) is 1. The third-order valence-corrected chi connectivity index (χ3v) is 4.46. The molecule has 1 heterocycles. The number of likely N-dealkylation sites (tertiary alicyclic amines) is 1. The number of carbonyl (C=O) groups is 2. The lowest BCUT2D eigenvalue weighted by molar-refractivity contribution is -0.134. The summed E-state index contributed by atoms with van der Waals surface area (Å²) in [5, 5.41) is 2.97. The van der Waals surface area contributed by atoms with Gasteiger partial charge in [0.25, 0.3) is 11.8 Å². The molecule has 1 N–H and O–H groups in total. The number of rotatable bonds is 5. The van der Waals surface area contributed by atoms with Crippen LogP contribution in [0.15, 0.2) is 48.5 Å². The summed E-state index contributed by atoms with van der Waals surface area (Å²) < 4.78 is 31.6. The molecule has 0 bridgehead atoms. The maximum atomic E-state index is 13.5. The second-order valence-corrected chi connectivity index (χ2v) is 6.36. The van der Waals surface area contributed by atoms with Gasteiger partial charge in [-0.25, -0.2) is 8.78 Å². The lowest BCUT2D eigenvalue weighted by Gasteiger charge is -2.32. The van der Waals surface area contributed by atoms with Gasteiger partial charge in [0.1, 0.15) is 5.82 Å². The average molecular weight is 374 g/mol. The predicted octanol–water partition coefficient (Wildman–Crippen LogP) is 2.76. The summed E-state index contributed by atoms with van der Waals surface area (Å²) >= 11 is 0. The second kappa shape index (κ2) is 8.62. The van der Waals surface area contributed by atoms with Crippen molar-refractivity contribution in [1.82, 2.24) is 10.2 Å². The number of benzene rings is 2. The Kier molecular flexibility index (Phi) is 6.01. The molecule has 3 rings (SSSR count). The Bertz CT molecular complexity index is 806. The first kappa shape index (κ1) is 18.8. The molecule has 1 saturated heterocycles. The summed E-state index contributed by atoms with van der Waals surface area (Å²) in [7, 11) is 0. The molecule has 27 heavy (non-hydrogen) atoms. The van der Waals surface area contributed by atoms with Crippen LogP contribution in [0, 0.1) is 11.6 Å². The van der Waals surface area contributed by atoms with Crippen LogP contribution in [0.3, 0.4) is 0 Å². The van der Waals surface area contributed by atoms with Crippen LogP contribution in [0.25, 0.3) is 0 Å². The minimum Gasteiger partial charge on any atom is -0.481 e. The zero-order chi connectivity index (χ0) is 19.2. The molecule has 142 valence electrons. The number of nitrogens with zero attached hydrogens (tertiary/aromatic N) is 1. The minimum absolute atomic E-state index is 0.00258. The van der Waals surface area contributed by atoms with Crippen LogP contribution < -0.4 is 10.1 Å². The van der Waals surface area contributed by atoms with Crippen molar-refractivity contribution in [2.75, 3.05) is 19.7 Å². The van der Waals surface area contributed by atoms with Crippen LogP contribution in [-0.4, -0.2) is 42.5 Å². The van der Waals surface area contributed by atoms with Gasteiger partial charge in [-0.1, -0.05) is 18.2 Å². The fourth-order valence-corrected chi connectivity index (χ4v) is 2.95. The Labute approximate surface area is 155 Å². The third kappa shape index (κ3) is 5.03. The van der Waals surface area contributed by atoms with E-state index in [2.05, 4.69) is 5.32 Å². The maximum absolute atomic E-state index is 13.5. The molecule has 0 aromatic heterocycles. The first-order chi connectivity index (χ1) is 13.0. The molecule has 0 spiro atoms. The van der Waals surface area contributed by atoms with Gasteiger partial charge in [0.2, 0.25) is 0 Å². The highest BCUT2D eigenvalue weighted by molar-refractivity contribution is 5.94. The number of carbonyl (C=O) groups excluding carboxylic acids is 2. The molecule has 0 aliphatic carbocycles. The fourth-order valence-electron chi connectivity index (χ4n) is 2.95. The van der Waals surface area contributed by atoms with Gasteiger partial charge in [-0.3, -0.25) is 9.59 Å². The number of halogens is 2. The largest absolute Gasteiger partial charge is 0.481 e. The molecule has 2 aromatic rings. The highest BCUT2D eigenvalue weighted by Crippen LogP contribution is 2.18. The van der Waals surface area contributed by atoms with E-state index in [1.165, 1.54) is 0 Å². The van der Waals surface area contributed by atoms with Gasteiger partial charge in [0.05, 0.1) is 0 Å². The SMILES string of the molecule is O=C(NC1CCN(C(=O)COc2ccc(F)cc2F)CC1)c1ccccc1. The standard InChI is InChI=1S/C20H20F2N2O3/c21-15-6-7-18(17(22)12-15)27-13-19(25)24-10-8-16(9-11-24)23-20(26)14-4-2-1-3-5-14/h1-7,12,16H,8-11,13H2,(H,23,26). The predicted molar refractivity (Wildman–Crippen MR) is 95.4 cm³/mol. The number of hydrogen-bond acceptors (Lipinski definition) is 3. The second-order valence-electron chi connectivity index (χ2n) is 6.36. The van der Waals surface area contributed by atoms with Crippen molar-refractivity contribution in [2.45, 2.75) is 18.9 Å². The van der Waals surface area contributed by atoms with Crippen molar-refractivity contribution in [3.8, 4) is 5.75 Å². The number of hydrogen-bond donors (Lipinski definition) is 1. The topological polar surface area (TPSA) is 58.6 Å². The summed E-state index contributed by atoms with van der Waals surface area (Å²) in [6, 6.07) is 11.9. The Balaban J connectivity index is 1.44. The van der Waals surface area contributed by atoms with E-state index < -0.39 is 11.6 Å². The summed E-state index contributed by atoms with van der Waals surface area (Å²) in [6.07, 6.45) is 1.27. The van der Waals surface area contributed by atoms with E-state index in [0.29, 0.717) is 37.6 Å². The van der Waals surface area contributed by atoms with E-state index in [1.54, 1.807) is 29.2 Å². The normalized spacial score (nSPS) is 14.7.